The average Bonchev–Trinajstić information content (AvgIpc) is 3.12. The number of hydrogen-bond acceptors (Lipinski definition) is 3. The molecule has 1 saturated heterocycles. The zero-order chi connectivity index (χ0) is 18.9. The molecular formula is C21H22N2O3S. The molecule has 1 aromatic heterocycles. The van der Waals surface area contributed by atoms with Crippen LogP contribution in [0.3, 0.4) is 0 Å². The lowest BCUT2D eigenvalue weighted by Gasteiger charge is -2.31. The van der Waals surface area contributed by atoms with E-state index in [4.69, 9.17) is 0 Å². The molecule has 2 heterocycles. The number of para-hydroxylation sites is 1. The summed E-state index contributed by atoms with van der Waals surface area (Å²) in [7, 11) is -3.33. The van der Waals surface area contributed by atoms with Gasteiger partial charge in [0.2, 0.25) is 5.91 Å². The molecule has 2 aromatic carbocycles. The monoisotopic (exact) mass is 382 g/mol. The van der Waals surface area contributed by atoms with Gasteiger partial charge in [0.15, 0.2) is 9.84 Å². The van der Waals surface area contributed by atoms with Crippen LogP contribution in [0.15, 0.2) is 65.7 Å². The molecule has 5 nitrogen and oxygen atoms in total. The standard InChI is InChI=1S/C21H22N2O3S/c24-21(14-16-15-22-20-9-5-4-8-19(16)20)23-12-10-18(11-13-23)27(25,26)17-6-2-1-3-7-17/h1-9,15,18,22H,10-14H2. The zero-order valence-electron chi connectivity index (χ0n) is 15.0. The molecule has 0 saturated carbocycles. The molecule has 0 radical (unpaired) electrons. The molecular weight excluding hydrogens is 360 g/mol. The Morgan fingerprint density at radius 1 is 1.00 bits per heavy atom. The van der Waals surface area contributed by atoms with E-state index in [0.717, 1.165) is 16.5 Å². The van der Waals surface area contributed by atoms with Gasteiger partial charge >= 0.3 is 0 Å². The smallest absolute Gasteiger partial charge is 0.227 e. The van der Waals surface area contributed by atoms with E-state index >= 15 is 0 Å². The second-order valence-corrected chi connectivity index (χ2v) is 9.20. The van der Waals surface area contributed by atoms with Crippen LogP contribution in [0.5, 0.6) is 0 Å². The number of carbonyl (C=O) groups is 1. The molecule has 4 rings (SSSR count). The van der Waals surface area contributed by atoms with Crippen LogP contribution in [-0.2, 0) is 21.1 Å². The molecule has 0 aliphatic carbocycles. The lowest BCUT2D eigenvalue weighted by molar-refractivity contribution is -0.131. The summed E-state index contributed by atoms with van der Waals surface area (Å²) in [5, 5.41) is 0.643. The van der Waals surface area contributed by atoms with Crippen molar-refractivity contribution in [1.29, 1.82) is 0 Å². The van der Waals surface area contributed by atoms with Crippen molar-refractivity contribution in [3.8, 4) is 0 Å². The van der Waals surface area contributed by atoms with E-state index < -0.39 is 15.1 Å². The van der Waals surface area contributed by atoms with Gasteiger partial charge in [-0.05, 0) is 36.6 Å². The largest absolute Gasteiger partial charge is 0.361 e. The number of sulfone groups is 1. The number of H-pyrrole nitrogens is 1. The van der Waals surface area contributed by atoms with E-state index in [1.165, 1.54) is 0 Å². The Morgan fingerprint density at radius 3 is 2.41 bits per heavy atom. The number of fused-ring (bicyclic) bond motifs is 1. The summed E-state index contributed by atoms with van der Waals surface area (Å²) in [6, 6.07) is 16.5. The fourth-order valence-corrected chi connectivity index (χ4v) is 5.52. The zero-order valence-corrected chi connectivity index (χ0v) is 15.8. The number of nitrogens with zero attached hydrogens (tertiary/aromatic N) is 1. The number of carbonyl (C=O) groups excluding carboxylic acids is 1. The molecule has 3 aromatic rings. The molecule has 1 aliphatic rings. The molecule has 1 fully saturated rings. The quantitative estimate of drug-likeness (QED) is 0.753. The van der Waals surface area contributed by atoms with Crippen LogP contribution < -0.4 is 0 Å². The van der Waals surface area contributed by atoms with Crippen molar-refractivity contribution < 1.29 is 13.2 Å². The Hall–Kier alpha value is -2.60. The van der Waals surface area contributed by atoms with E-state index in [-0.39, 0.29) is 5.91 Å². The van der Waals surface area contributed by atoms with Gasteiger partial charge in [-0.1, -0.05) is 36.4 Å². The first-order chi connectivity index (χ1) is 13.1. The van der Waals surface area contributed by atoms with Gasteiger partial charge in [-0.15, -0.1) is 0 Å². The summed E-state index contributed by atoms with van der Waals surface area (Å²) in [5.41, 5.74) is 2.00. The number of hydrogen-bond donors (Lipinski definition) is 1. The first-order valence-electron chi connectivity index (χ1n) is 9.17. The lowest BCUT2D eigenvalue weighted by atomic mass is 10.1. The molecule has 0 spiro atoms. The minimum atomic E-state index is -3.33. The van der Waals surface area contributed by atoms with Gasteiger partial charge in [-0.2, -0.15) is 0 Å². The highest BCUT2D eigenvalue weighted by molar-refractivity contribution is 7.92. The van der Waals surface area contributed by atoms with Gasteiger partial charge < -0.3 is 9.88 Å². The van der Waals surface area contributed by atoms with Gasteiger partial charge in [0.05, 0.1) is 16.6 Å². The maximum atomic E-state index is 12.8. The molecule has 0 atom stereocenters. The molecule has 27 heavy (non-hydrogen) atoms. The highest BCUT2D eigenvalue weighted by Crippen LogP contribution is 2.25. The van der Waals surface area contributed by atoms with Crippen molar-refractivity contribution in [3.05, 3.63) is 66.4 Å². The summed E-state index contributed by atoms with van der Waals surface area (Å²) >= 11 is 0. The summed E-state index contributed by atoms with van der Waals surface area (Å²) in [5.74, 6) is 0.0512. The summed E-state index contributed by atoms with van der Waals surface area (Å²) in [6.45, 7) is 0.968. The van der Waals surface area contributed by atoms with Gasteiger partial charge in [0.25, 0.3) is 0 Å². The van der Waals surface area contributed by atoms with Crippen LogP contribution in [0.25, 0.3) is 10.9 Å². The summed E-state index contributed by atoms with van der Waals surface area (Å²) < 4.78 is 25.5. The first-order valence-corrected chi connectivity index (χ1v) is 10.7. The molecule has 1 N–H and O–H groups in total. The van der Waals surface area contributed by atoms with Crippen molar-refractivity contribution in [2.24, 2.45) is 0 Å². The normalized spacial score (nSPS) is 15.9. The molecule has 1 amide bonds. The molecule has 0 unspecified atom stereocenters. The fraction of sp³-hybridized carbons (Fsp3) is 0.286. The third-order valence-electron chi connectivity index (χ3n) is 5.32. The maximum absolute atomic E-state index is 12.8. The number of aromatic nitrogens is 1. The van der Waals surface area contributed by atoms with Gasteiger partial charge in [0.1, 0.15) is 0 Å². The minimum Gasteiger partial charge on any atom is -0.361 e. The van der Waals surface area contributed by atoms with Crippen molar-refractivity contribution in [2.45, 2.75) is 29.4 Å². The van der Waals surface area contributed by atoms with Crippen molar-refractivity contribution in [2.75, 3.05) is 13.1 Å². The number of likely N-dealkylation sites (tertiary alicyclic amines) is 1. The minimum absolute atomic E-state index is 0.0512. The van der Waals surface area contributed by atoms with Crippen LogP contribution in [-0.4, -0.2) is 42.5 Å². The predicted octanol–water partition coefficient (Wildman–Crippen LogP) is 3.18. The Kier molecular flexibility index (Phi) is 4.74. The molecule has 1 aliphatic heterocycles. The summed E-state index contributed by atoms with van der Waals surface area (Å²) in [6.07, 6.45) is 3.18. The number of aromatic amines is 1. The van der Waals surface area contributed by atoms with Crippen LogP contribution in [0.2, 0.25) is 0 Å². The third kappa shape index (κ3) is 3.49. The Labute approximate surface area is 158 Å². The van der Waals surface area contributed by atoms with E-state index in [2.05, 4.69) is 4.98 Å². The average molecular weight is 382 g/mol. The van der Waals surface area contributed by atoms with Crippen molar-refractivity contribution in [3.63, 3.8) is 0 Å². The van der Waals surface area contributed by atoms with Gasteiger partial charge in [-0.3, -0.25) is 4.79 Å². The van der Waals surface area contributed by atoms with Crippen LogP contribution >= 0.6 is 0 Å². The lowest BCUT2D eigenvalue weighted by Crippen LogP contribution is -2.43. The van der Waals surface area contributed by atoms with Crippen molar-refractivity contribution in [1.82, 2.24) is 9.88 Å². The van der Waals surface area contributed by atoms with Crippen LogP contribution in [0.1, 0.15) is 18.4 Å². The van der Waals surface area contributed by atoms with E-state index in [1.807, 2.05) is 36.5 Å². The highest BCUT2D eigenvalue weighted by Gasteiger charge is 2.32. The molecule has 140 valence electrons. The second-order valence-electron chi connectivity index (χ2n) is 6.97. The van der Waals surface area contributed by atoms with E-state index in [0.29, 0.717) is 37.2 Å². The van der Waals surface area contributed by atoms with E-state index in [9.17, 15) is 13.2 Å². The number of rotatable bonds is 4. The van der Waals surface area contributed by atoms with Crippen molar-refractivity contribution >= 4 is 26.6 Å². The second kappa shape index (κ2) is 7.19. The van der Waals surface area contributed by atoms with Gasteiger partial charge in [0, 0.05) is 30.2 Å². The Balaban J connectivity index is 1.41. The Bertz CT molecular complexity index is 1050. The number of piperidine rings is 1. The van der Waals surface area contributed by atoms with E-state index in [1.54, 1.807) is 29.2 Å². The van der Waals surface area contributed by atoms with Crippen LogP contribution in [0, 0.1) is 0 Å². The van der Waals surface area contributed by atoms with Crippen LogP contribution in [0.4, 0.5) is 0 Å². The topological polar surface area (TPSA) is 70.2 Å². The predicted molar refractivity (Wildman–Crippen MR) is 105 cm³/mol. The molecule has 0 bridgehead atoms. The maximum Gasteiger partial charge on any atom is 0.227 e. The SMILES string of the molecule is O=C(Cc1c[nH]c2ccccc12)N1CCC(S(=O)(=O)c2ccccc2)CC1. The number of nitrogens with one attached hydrogen (secondary N) is 1. The first kappa shape index (κ1) is 17.8. The highest BCUT2D eigenvalue weighted by atomic mass is 32.2. The molecule has 6 heteroatoms. The fourth-order valence-electron chi connectivity index (χ4n) is 3.77. The third-order valence-corrected chi connectivity index (χ3v) is 7.60. The van der Waals surface area contributed by atoms with Gasteiger partial charge in [-0.25, -0.2) is 8.42 Å². The number of benzene rings is 2. The number of amides is 1. The summed E-state index contributed by atoms with van der Waals surface area (Å²) in [4.78, 5) is 18.0. The Morgan fingerprint density at radius 2 is 1.67 bits per heavy atom.